The second kappa shape index (κ2) is 9.62. The molecule has 1 fully saturated rings. The van der Waals surface area contributed by atoms with Crippen molar-refractivity contribution < 1.29 is 19.3 Å². The third-order valence-electron chi connectivity index (χ3n) is 5.01. The molecule has 0 saturated carbocycles. The summed E-state index contributed by atoms with van der Waals surface area (Å²) in [5.41, 5.74) is 1.34. The largest absolute Gasteiger partial charge is 0.496 e. The van der Waals surface area contributed by atoms with Gasteiger partial charge in [-0.15, -0.1) is 0 Å². The van der Waals surface area contributed by atoms with Gasteiger partial charge in [-0.2, -0.15) is 0 Å². The molecule has 154 valence electrons. The Morgan fingerprint density at radius 3 is 2.19 bits per heavy atom. The van der Waals surface area contributed by atoms with Crippen LogP contribution in [-0.4, -0.2) is 75.1 Å². The number of hydrogen-bond donors (Lipinski definition) is 1. The fourth-order valence-corrected chi connectivity index (χ4v) is 3.80. The zero-order valence-corrected chi connectivity index (χ0v) is 17.7. The average molecular weight is 381 g/mol. The Bertz CT molecular complexity index is 601. The summed E-state index contributed by atoms with van der Waals surface area (Å²) in [5, 5.41) is 9.52. The number of aliphatic hydroxyl groups excluding tert-OH is 1. The lowest BCUT2D eigenvalue weighted by molar-refractivity contribution is 0.0337. The molecule has 1 unspecified atom stereocenters. The van der Waals surface area contributed by atoms with Gasteiger partial charge >= 0.3 is 0 Å². The molecule has 0 spiro atoms. The molecule has 0 aliphatic carbocycles. The highest BCUT2D eigenvalue weighted by Crippen LogP contribution is 2.35. The Labute approximate surface area is 164 Å². The molecule has 0 radical (unpaired) electrons. The van der Waals surface area contributed by atoms with Crippen LogP contribution in [-0.2, 0) is 6.54 Å². The van der Waals surface area contributed by atoms with Gasteiger partial charge in [-0.3, -0.25) is 9.80 Å². The average Bonchev–Trinajstić information content (AvgIpc) is 2.62. The maximum Gasteiger partial charge on any atom is 0.164 e. The van der Waals surface area contributed by atoms with Crippen molar-refractivity contribution in [3.05, 3.63) is 17.7 Å². The molecule has 1 N–H and O–H groups in total. The van der Waals surface area contributed by atoms with Crippen LogP contribution in [0.25, 0.3) is 0 Å². The van der Waals surface area contributed by atoms with Crippen molar-refractivity contribution in [2.24, 2.45) is 5.41 Å². The van der Waals surface area contributed by atoms with Gasteiger partial charge < -0.3 is 19.3 Å². The first-order valence-electron chi connectivity index (χ1n) is 9.67. The Morgan fingerprint density at radius 2 is 1.63 bits per heavy atom. The molecule has 2 rings (SSSR count). The minimum Gasteiger partial charge on any atom is -0.496 e. The minimum absolute atomic E-state index is 0.221. The number of methoxy groups -OCH3 is 3. The summed E-state index contributed by atoms with van der Waals surface area (Å²) in [6.07, 6.45) is 0.801. The predicted octanol–water partition coefficient (Wildman–Crippen LogP) is 2.63. The zero-order valence-electron chi connectivity index (χ0n) is 17.7. The molecule has 0 aromatic heterocycles. The Kier molecular flexibility index (Phi) is 7.77. The van der Waals surface area contributed by atoms with Crippen molar-refractivity contribution in [3.8, 4) is 17.2 Å². The highest BCUT2D eigenvalue weighted by atomic mass is 16.5. The van der Waals surface area contributed by atoms with Crippen molar-refractivity contribution in [1.29, 1.82) is 0 Å². The van der Waals surface area contributed by atoms with E-state index in [0.717, 1.165) is 50.5 Å². The molecule has 0 amide bonds. The standard InChI is InChI=1S/C21H36N2O4/c1-21(2,3)15-23-9-8-22(14-17(23)7-10-24)13-16-11-19(26-5)20(27-6)12-18(16)25-4/h11-12,17,24H,7-10,13-15H2,1-6H3. The van der Waals surface area contributed by atoms with E-state index in [1.165, 1.54) is 0 Å². The first-order valence-corrected chi connectivity index (χ1v) is 9.67. The molecule has 27 heavy (non-hydrogen) atoms. The third-order valence-corrected chi connectivity index (χ3v) is 5.01. The molecule has 1 aliphatic rings. The molecule has 1 aromatic carbocycles. The smallest absolute Gasteiger partial charge is 0.164 e. The highest BCUT2D eigenvalue weighted by molar-refractivity contribution is 5.50. The molecule has 1 aliphatic heterocycles. The van der Waals surface area contributed by atoms with Gasteiger partial charge in [-0.05, 0) is 17.9 Å². The van der Waals surface area contributed by atoms with Crippen LogP contribution in [0, 0.1) is 5.41 Å². The van der Waals surface area contributed by atoms with Gasteiger partial charge in [-0.25, -0.2) is 0 Å². The fraction of sp³-hybridized carbons (Fsp3) is 0.714. The van der Waals surface area contributed by atoms with E-state index in [2.05, 4.69) is 30.6 Å². The molecule has 1 atom stereocenters. The molecule has 0 bridgehead atoms. The van der Waals surface area contributed by atoms with Crippen molar-refractivity contribution in [1.82, 2.24) is 9.80 Å². The summed E-state index contributed by atoms with van der Waals surface area (Å²) in [6.45, 7) is 11.8. The number of rotatable bonds is 8. The summed E-state index contributed by atoms with van der Waals surface area (Å²) in [7, 11) is 4.96. The molecular formula is C21H36N2O4. The van der Waals surface area contributed by atoms with Crippen LogP contribution in [0.4, 0.5) is 0 Å². The number of hydrogen-bond acceptors (Lipinski definition) is 6. The van der Waals surface area contributed by atoms with Crippen LogP contribution in [0.3, 0.4) is 0 Å². The van der Waals surface area contributed by atoms with Crippen LogP contribution in [0.15, 0.2) is 12.1 Å². The van der Waals surface area contributed by atoms with Gasteiger partial charge in [-0.1, -0.05) is 20.8 Å². The second-order valence-corrected chi connectivity index (χ2v) is 8.45. The number of benzene rings is 1. The number of nitrogens with zero attached hydrogens (tertiary/aromatic N) is 2. The summed E-state index contributed by atoms with van der Waals surface area (Å²) in [4.78, 5) is 4.96. The Hall–Kier alpha value is -1.50. The summed E-state index contributed by atoms with van der Waals surface area (Å²) in [6, 6.07) is 4.25. The lowest BCUT2D eigenvalue weighted by atomic mass is 9.94. The van der Waals surface area contributed by atoms with Gasteiger partial charge in [0.15, 0.2) is 11.5 Å². The van der Waals surface area contributed by atoms with Gasteiger partial charge in [0.05, 0.1) is 21.3 Å². The van der Waals surface area contributed by atoms with E-state index >= 15 is 0 Å². The van der Waals surface area contributed by atoms with Crippen LogP contribution >= 0.6 is 0 Å². The topological polar surface area (TPSA) is 54.4 Å². The molecule has 6 heteroatoms. The fourth-order valence-electron chi connectivity index (χ4n) is 3.80. The Morgan fingerprint density at radius 1 is 1.00 bits per heavy atom. The lowest BCUT2D eigenvalue weighted by Crippen LogP contribution is -2.54. The lowest BCUT2D eigenvalue weighted by Gasteiger charge is -2.44. The SMILES string of the molecule is COc1cc(OC)c(OC)cc1CN1CCN(CC(C)(C)C)C(CCO)C1. The van der Waals surface area contributed by atoms with Crippen LogP contribution in [0.2, 0.25) is 0 Å². The van der Waals surface area contributed by atoms with Gasteiger partial charge in [0.2, 0.25) is 0 Å². The highest BCUT2D eigenvalue weighted by Gasteiger charge is 2.30. The van der Waals surface area contributed by atoms with E-state index in [9.17, 15) is 5.11 Å². The summed E-state index contributed by atoms with van der Waals surface area (Å²) in [5.74, 6) is 2.20. The number of aliphatic hydroxyl groups is 1. The molecule has 1 saturated heterocycles. The number of ether oxygens (including phenoxy) is 3. The molecule has 6 nitrogen and oxygen atoms in total. The molecule has 1 heterocycles. The van der Waals surface area contributed by atoms with E-state index in [1.807, 2.05) is 12.1 Å². The van der Waals surface area contributed by atoms with Gasteiger partial charge in [0.25, 0.3) is 0 Å². The maximum absolute atomic E-state index is 9.52. The normalized spacial score (nSPS) is 19.1. The second-order valence-electron chi connectivity index (χ2n) is 8.45. The van der Waals surface area contributed by atoms with Crippen LogP contribution in [0.1, 0.15) is 32.8 Å². The molecule has 1 aromatic rings. The molecular weight excluding hydrogens is 344 g/mol. The van der Waals surface area contributed by atoms with E-state index in [4.69, 9.17) is 14.2 Å². The number of piperazine rings is 1. The van der Waals surface area contributed by atoms with E-state index < -0.39 is 0 Å². The zero-order chi connectivity index (χ0) is 20.0. The van der Waals surface area contributed by atoms with Crippen LogP contribution in [0.5, 0.6) is 17.2 Å². The van der Waals surface area contributed by atoms with E-state index in [0.29, 0.717) is 17.5 Å². The van der Waals surface area contributed by atoms with Crippen molar-refractivity contribution in [2.75, 3.05) is 54.1 Å². The third kappa shape index (κ3) is 5.99. The van der Waals surface area contributed by atoms with Gasteiger partial charge in [0, 0.05) is 57.0 Å². The van der Waals surface area contributed by atoms with E-state index in [-0.39, 0.29) is 12.0 Å². The first-order chi connectivity index (χ1) is 12.8. The minimum atomic E-state index is 0.221. The maximum atomic E-state index is 9.52. The van der Waals surface area contributed by atoms with E-state index in [1.54, 1.807) is 21.3 Å². The van der Waals surface area contributed by atoms with Gasteiger partial charge in [0.1, 0.15) is 5.75 Å². The monoisotopic (exact) mass is 380 g/mol. The van der Waals surface area contributed by atoms with Crippen molar-refractivity contribution >= 4 is 0 Å². The Balaban J connectivity index is 2.14. The van der Waals surface area contributed by atoms with Crippen LogP contribution < -0.4 is 14.2 Å². The summed E-state index contributed by atoms with van der Waals surface area (Å²) >= 11 is 0. The quantitative estimate of drug-likeness (QED) is 0.748. The summed E-state index contributed by atoms with van der Waals surface area (Å²) < 4.78 is 16.4. The van der Waals surface area contributed by atoms with Crippen molar-refractivity contribution in [3.63, 3.8) is 0 Å². The van der Waals surface area contributed by atoms with Crippen molar-refractivity contribution in [2.45, 2.75) is 39.8 Å². The predicted molar refractivity (Wildman–Crippen MR) is 108 cm³/mol. The first kappa shape index (κ1) is 21.8.